The van der Waals surface area contributed by atoms with Gasteiger partial charge in [-0.15, -0.1) is 0 Å². The fourth-order valence-corrected chi connectivity index (χ4v) is 2.94. The second-order valence-corrected chi connectivity index (χ2v) is 5.69. The predicted octanol–water partition coefficient (Wildman–Crippen LogP) is 5.96. The first-order chi connectivity index (χ1) is 11.7. The molecular weight excluding hydrogens is 318 g/mol. The van der Waals surface area contributed by atoms with Crippen molar-refractivity contribution in [1.82, 2.24) is 0 Å². The minimum absolute atomic E-state index is 0.512. The average Bonchev–Trinajstić information content (AvgIpc) is 2.62. The first kappa shape index (κ1) is 16.1. The van der Waals surface area contributed by atoms with Crippen molar-refractivity contribution in [2.75, 3.05) is 6.61 Å². The average molecular weight is 334 g/mol. The lowest BCUT2D eigenvalue weighted by molar-refractivity contribution is 0.340. The maximum Gasteiger partial charge on any atom is 0.127 e. The monoisotopic (exact) mass is 333 g/mol. The van der Waals surface area contributed by atoms with Crippen molar-refractivity contribution in [2.24, 2.45) is 0 Å². The van der Waals surface area contributed by atoms with E-state index in [1.807, 2.05) is 67.6 Å². The molecule has 3 aromatic rings. The molecule has 0 radical (unpaired) electrons. The number of fused-ring (bicyclic) bond motifs is 1. The zero-order valence-electron chi connectivity index (χ0n) is 13.3. The highest BCUT2D eigenvalue weighted by molar-refractivity contribution is 6.32. The van der Waals surface area contributed by atoms with Gasteiger partial charge in [0.05, 0.1) is 18.2 Å². The molecule has 0 bridgehead atoms. The maximum atomic E-state index is 9.64. The summed E-state index contributed by atoms with van der Waals surface area (Å²) in [6.07, 6.45) is 1.86. The molecule has 0 aromatic heterocycles. The van der Waals surface area contributed by atoms with Crippen LogP contribution in [-0.4, -0.2) is 6.61 Å². The summed E-state index contributed by atoms with van der Waals surface area (Å²) in [4.78, 5) is 0. The topological polar surface area (TPSA) is 33.0 Å². The molecule has 0 atom stereocenters. The Morgan fingerprint density at radius 1 is 1.08 bits per heavy atom. The van der Waals surface area contributed by atoms with E-state index in [-0.39, 0.29) is 0 Å². The van der Waals surface area contributed by atoms with Crippen molar-refractivity contribution in [3.05, 3.63) is 76.8 Å². The summed E-state index contributed by atoms with van der Waals surface area (Å²) in [6, 6.07) is 21.7. The lowest BCUT2D eigenvalue weighted by Crippen LogP contribution is -1.95. The van der Waals surface area contributed by atoms with Crippen molar-refractivity contribution in [1.29, 1.82) is 5.26 Å². The van der Waals surface area contributed by atoms with Gasteiger partial charge in [-0.05, 0) is 35.9 Å². The van der Waals surface area contributed by atoms with E-state index in [4.69, 9.17) is 16.3 Å². The van der Waals surface area contributed by atoms with E-state index in [1.165, 1.54) is 0 Å². The number of benzene rings is 3. The molecular formula is C21H16ClNO. The first-order valence-corrected chi connectivity index (χ1v) is 8.13. The van der Waals surface area contributed by atoms with E-state index < -0.39 is 0 Å². The van der Waals surface area contributed by atoms with Crippen LogP contribution < -0.4 is 4.74 Å². The Bertz CT molecular complexity index is 953. The Hall–Kier alpha value is -2.76. The van der Waals surface area contributed by atoms with Crippen molar-refractivity contribution >= 4 is 34.0 Å². The van der Waals surface area contributed by atoms with Gasteiger partial charge in [0.2, 0.25) is 0 Å². The van der Waals surface area contributed by atoms with Gasteiger partial charge in [-0.25, -0.2) is 0 Å². The lowest BCUT2D eigenvalue weighted by atomic mass is 9.98. The summed E-state index contributed by atoms with van der Waals surface area (Å²) in [7, 11) is 0. The summed E-state index contributed by atoms with van der Waals surface area (Å²) < 4.78 is 5.77. The third-order valence-corrected chi connectivity index (χ3v) is 4.13. The fraction of sp³-hybridized carbons (Fsp3) is 0.0952. The number of nitrogens with zero attached hydrogens (tertiary/aromatic N) is 1. The summed E-state index contributed by atoms with van der Waals surface area (Å²) in [5.41, 5.74) is 2.13. The quantitative estimate of drug-likeness (QED) is 0.436. The van der Waals surface area contributed by atoms with E-state index in [9.17, 15) is 5.26 Å². The number of allylic oxidation sites excluding steroid dienone is 1. The number of hydrogen-bond acceptors (Lipinski definition) is 2. The first-order valence-electron chi connectivity index (χ1n) is 7.76. The molecule has 0 aliphatic carbocycles. The third-order valence-electron chi connectivity index (χ3n) is 3.80. The van der Waals surface area contributed by atoms with Gasteiger partial charge in [-0.3, -0.25) is 0 Å². The second kappa shape index (κ2) is 7.21. The maximum absolute atomic E-state index is 9.64. The molecule has 0 saturated heterocycles. The van der Waals surface area contributed by atoms with Crippen LogP contribution in [0.5, 0.6) is 5.75 Å². The van der Waals surface area contributed by atoms with Gasteiger partial charge in [0.1, 0.15) is 5.75 Å². The molecule has 3 aromatic carbocycles. The highest BCUT2D eigenvalue weighted by atomic mass is 35.5. The van der Waals surface area contributed by atoms with Crippen LogP contribution in [0.3, 0.4) is 0 Å². The Kier molecular flexibility index (Phi) is 4.84. The van der Waals surface area contributed by atoms with Crippen LogP contribution in [0.4, 0.5) is 0 Å². The van der Waals surface area contributed by atoms with Gasteiger partial charge < -0.3 is 4.74 Å². The van der Waals surface area contributed by atoms with Gasteiger partial charge in [0.15, 0.2) is 0 Å². The standard InChI is InChI=1S/C21H16ClNO/c1-2-24-21-12-11-15-7-3-4-8-17(15)19(21)13-16(14-23)18-9-5-6-10-20(18)22/h3-13H,2H2,1H3. The van der Waals surface area contributed by atoms with Crippen LogP contribution in [0.15, 0.2) is 60.7 Å². The van der Waals surface area contributed by atoms with Crippen LogP contribution in [0.1, 0.15) is 18.1 Å². The van der Waals surface area contributed by atoms with Gasteiger partial charge in [-0.1, -0.05) is 60.1 Å². The zero-order valence-corrected chi connectivity index (χ0v) is 14.0. The van der Waals surface area contributed by atoms with Crippen LogP contribution in [0.2, 0.25) is 5.02 Å². The molecule has 0 amide bonds. The molecule has 2 nitrogen and oxygen atoms in total. The molecule has 0 aliphatic heterocycles. The van der Waals surface area contributed by atoms with Crippen molar-refractivity contribution in [3.63, 3.8) is 0 Å². The molecule has 0 heterocycles. The van der Waals surface area contributed by atoms with Crippen LogP contribution in [0.25, 0.3) is 22.4 Å². The minimum Gasteiger partial charge on any atom is -0.493 e. The van der Waals surface area contributed by atoms with Crippen LogP contribution in [0, 0.1) is 11.3 Å². The third kappa shape index (κ3) is 3.13. The van der Waals surface area contributed by atoms with Crippen LogP contribution in [-0.2, 0) is 0 Å². The fourth-order valence-electron chi connectivity index (χ4n) is 2.70. The number of hydrogen-bond donors (Lipinski definition) is 0. The van der Waals surface area contributed by atoms with Crippen LogP contribution >= 0.6 is 11.6 Å². The zero-order chi connectivity index (χ0) is 16.9. The molecule has 24 heavy (non-hydrogen) atoms. The number of ether oxygens (including phenoxy) is 1. The molecule has 0 spiro atoms. The highest BCUT2D eigenvalue weighted by Crippen LogP contribution is 2.33. The van der Waals surface area contributed by atoms with Gasteiger partial charge in [-0.2, -0.15) is 5.26 Å². The molecule has 0 unspecified atom stereocenters. The van der Waals surface area contributed by atoms with E-state index in [2.05, 4.69) is 6.07 Å². The highest BCUT2D eigenvalue weighted by Gasteiger charge is 2.11. The normalized spacial score (nSPS) is 11.3. The molecule has 0 saturated carbocycles. The van der Waals surface area contributed by atoms with Gasteiger partial charge >= 0.3 is 0 Å². The molecule has 0 aliphatic rings. The lowest BCUT2D eigenvalue weighted by Gasteiger charge is -2.11. The molecule has 118 valence electrons. The molecule has 0 fully saturated rings. The predicted molar refractivity (Wildman–Crippen MR) is 100 cm³/mol. The Morgan fingerprint density at radius 2 is 1.83 bits per heavy atom. The largest absolute Gasteiger partial charge is 0.493 e. The van der Waals surface area contributed by atoms with E-state index in [0.29, 0.717) is 17.2 Å². The number of nitriles is 1. The second-order valence-electron chi connectivity index (χ2n) is 5.28. The van der Waals surface area contributed by atoms with Gasteiger partial charge in [0, 0.05) is 16.1 Å². The minimum atomic E-state index is 0.512. The SMILES string of the molecule is CCOc1ccc2ccccc2c1C=C(C#N)c1ccccc1Cl. The summed E-state index contributed by atoms with van der Waals surface area (Å²) in [5.74, 6) is 0.760. The number of rotatable bonds is 4. The summed E-state index contributed by atoms with van der Waals surface area (Å²) in [5, 5.41) is 12.3. The Balaban J connectivity index is 2.25. The van der Waals surface area contributed by atoms with Crippen molar-refractivity contribution in [2.45, 2.75) is 6.92 Å². The molecule has 3 heteroatoms. The summed E-state index contributed by atoms with van der Waals surface area (Å²) in [6.45, 7) is 2.51. The Morgan fingerprint density at radius 3 is 2.58 bits per heavy atom. The number of halogens is 1. The summed E-state index contributed by atoms with van der Waals surface area (Å²) >= 11 is 6.26. The van der Waals surface area contributed by atoms with E-state index in [0.717, 1.165) is 27.6 Å². The van der Waals surface area contributed by atoms with Gasteiger partial charge in [0.25, 0.3) is 0 Å². The smallest absolute Gasteiger partial charge is 0.127 e. The van der Waals surface area contributed by atoms with E-state index in [1.54, 1.807) is 6.07 Å². The van der Waals surface area contributed by atoms with Crippen molar-refractivity contribution in [3.8, 4) is 11.8 Å². The molecule has 3 rings (SSSR count). The van der Waals surface area contributed by atoms with E-state index >= 15 is 0 Å². The van der Waals surface area contributed by atoms with Crippen molar-refractivity contribution < 1.29 is 4.74 Å². The Labute approximate surface area is 146 Å². The molecule has 0 N–H and O–H groups in total.